The van der Waals surface area contributed by atoms with Crippen LogP contribution in [0.4, 0.5) is 0 Å². The Labute approximate surface area is 311 Å². The van der Waals surface area contributed by atoms with Crippen LogP contribution < -0.4 is 0 Å². The van der Waals surface area contributed by atoms with E-state index >= 15 is 0 Å². The number of benzene rings is 2. The van der Waals surface area contributed by atoms with Crippen molar-refractivity contribution in [3.8, 4) is 0 Å². The summed E-state index contributed by atoms with van der Waals surface area (Å²) in [6, 6.07) is 15.4. The third-order valence-corrected chi connectivity index (χ3v) is 11.6. The number of rotatable bonds is 34. The SMILES string of the molecule is CCCCCCCCCCCCCCCCC(CCCCCCCCCCCC)(C(=O)OCC(CC)CCCC)c1cccc2ccccc12. The van der Waals surface area contributed by atoms with Crippen molar-refractivity contribution in [1.82, 2.24) is 0 Å². The van der Waals surface area contributed by atoms with Gasteiger partial charge in [0.2, 0.25) is 0 Å². The molecule has 2 aromatic rings. The lowest BCUT2D eigenvalue weighted by atomic mass is 9.71. The summed E-state index contributed by atoms with van der Waals surface area (Å²) in [5, 5.41) is 2.48. The lowest BCUT2D eigenvalue weighted by Gasteiger charge is -2.34. The fraction of sp³-hybridized carbons (Fsp3) is 0.771. The number of esters is 1. The fourth-order valence-corrected chi connectivity index (χ4v) is 8.12. The normalized spacial score (nSPS) is 13.4. The largest absolute Gasteiger partial charge is 0.465 e. The third-order valence-electron chi connectivity index (χ3n) is 11.6. The lowest BCUT2D eigenvalue weighted by molar-refractivity contribution is -0.153. The van der Waals surface area contributed by atoms with Crippen molar-refractivity contribution in [2.24, 2.45) is 5.92 Å². The molecule has 0 N–H and O–H groups in total. The van der Waals surface area contributed by atoms with Gasteiger partial charge in [-0.15, -0.1) is 0 Å². The molecule has 0 radical (unpaired) electrons. The first kappa shape index (κ1) is 44.3. The molecular formula is C48H82O2. The Morgan fingerprint density at radius 3 is 1.40 bits per heavy atom. The van der Waals surface area contributed by atoms with Crippen molar-refractivity contribution in [2.75, 3.05) is 6.61 Å². The van der Waals surface area contributed by atoms with Crippen molar-refractivity contribution in [3.63, 3.8) is 0 Å². The molecular weight excluding hydrogens is 609 g/mol. The number of hydrogen-bond acceptors (Lipinski definition) is 2. The molecule has 50 heavy (non-hydrogen) atoms. The maximum Gasteiger partial charge on any atom is 0.316 e. The van der Waals surface area contributed by atoms with Crippen LogP contribution in [0.3, 0.4) is 0 Å². The fourth-order valence-electron chi connectivity index (χ4n) is 8.12. The van der Waals surface area contributed by atoms with Gasteiger partial charge in [0.1, 0.15) is 0 Å². The summed E-state index contributed by atoms with van der Waals surface area (Å²) < 4.78 is 6.43. The summed E-state index contributed by atoms with van der Waals surface area (Å²) in [5.41, 5.74) is 0.647. The molecule has 0 aliphatic rings. The second-order valence-electron chi connectivity index (χ2n) is 15.9. The number of carbonyl (C=O) groups excluding carboxylic acids is 1. The van der Waals surface area contributed by atoms with Crippen molar-refractivity contribution in [2.45, 2.75) is 226 Å². The molecule has 2 atom stereocenters. The molecule has 0 heterocycles. The second kappa shape index (κ2) is 29.7. The highest BCUT2D eigenvalue weighted by Gasteiger charge is 2.42. The lowest BCUT2D eigenvalue weighted by Crippen LogP contribution is -2.39. The molecule has 2 rings (SSSR count). The third kappa shape index (κ3) is 18.1. The van der Waals surface area contributed by atoms with Gasteiger partial charge in [-0.25, -0.2) is 0 Å². The van der Waals surface area contributed by atoms with E-state index in [0.717, 1.165) is 38.5 Å². The van der Waals surface area contributed by atoms with E-state index in [1.165, 1.54) is 170 Å². The molecule has 2 heteroatoms. The predicted molar refractivity (Wildman–Crippen MR) is 221 cm³/mol. The Balaban J connectivity index is 2.06. The standard InChI is InChI=1S/C48H82O2/c1-5-9-12-14-16-18-20-21-22-23-25-27-29-33-41-48(47(49)50-42-43(8-4)35-11-7-3,40-32-28-26-24-19-17-15-13-10-6-2)46-39-34-37-44-36-30-31-38-45(44)46/h30-31,34,36-39,43H,5-29,32-33,35,40-42H2,1-4H3. The van der Waals surface area contributed by atoms with Crippen molar-refractivity contribution < 1.29 is 9.53 Å². The zero-order valence-electron chi connectivity index (χ0n) is 33.9. The van der Waals surface area contributed by atoms with E-state index < -0.39 is 5.41 Å². The molecule has 0 fully saturated rings. The molecule has 2 aromatic carbocycles. The van der Waals surface area contributed by atoms with Gasteiger partial charge in [-0.1, -0.05) is 244 Å². The van der Waals surface area contributed by atoms with E-state index in [-0.39, 0.29) is 5.97 Å². The zero-order chi connectivity index (χ0) is 36.0. The summed E-state index contributed by atoms with van der Waals surface area (Å²) in [7, 11) is 0. The number of ether oxygens (including phenoxy) is 1. The minimum Gasteiger partial charge on any atom is -0.465 e. The minimum absolute atomic E-state index is 0.0504. The van der Waals surface area contributed by atoms with E-state index in [9.17, 15) is 4.79 Å². The molecule has 0 spiro atoms. The van der Waals surface area contributed by atoms with E-state index in [1.807, 2.05) is 0 Å². The Morgan fingerprint density at radius 2 is 0.940 bits per heavy atom. The van der Waals surface area contributed by atoms with E-state index in [0.29, 0.717) is 12.5 Å². The van der Waals surface area contributed by atoms with Gasteiger partial charge in [0, 0.05) is 0 Å². The van der Waals surface area contributed by atoms with Crippen LogP contribution >= 0.6 is 0 Å². The topological polar surface area (TPSA) is 26.3 Å². The maximum atomic E-state index is 14.6. The molecule has 0 bridgehead atoms. The first-order valence-electron chi connectivity index (χ1n) is 22.3. The predicted octanol–water partition coefficient (Wildman–Crippen LogP) is 16.0. The van der Waals surface area contributed by atoms with Gasteiger partial charge in [0.15, 0.2) is 0 Å². The van der Waals surface area contributed by atoms with Crippen LogP contribution in [0.5, 0.6) is 0 Å². The smallest absolute Gasteiger partial charge is 0.316 e. The summed E-state index contributed by atoms with van der Waals surface area (Å²) in [6.07, 6.45) is 38.5. The first-order valence-corrected chi connectivity index (χ1v) is 22.3. The number of fused-ring (bicyclic) bond motifs is 1. The summed E-state index contributed by atoms with van der Waals surface area (Å²) >= 11 is 0. The molecule has 0 saturated heterocycles. The molecule has 0 aliphatic heterocycles. The zero-order valence-corrected chi connectivity index (χ0v) is 33.9. The minimum atomic E-state index is -0.568. The van der Waals surface area contributed by atoms with Gasteiger partial charge in [0.25, 0.3) is 0 Å². The molecule has 0 saturated carbocycles. The summed E-state index contributed by atoms with van der Waals surface area (Å²) in [6.45, 7) is 9.67. The van der Waals surface area contributed by atoms with Crippen LogP contribution in [-0.4, -0.2) is 12.6 Å². The number of hydrogen-bond donors (Lipinski definition) is 0. The highest BCUT2D eigenvalue weighted by atomic mass is 16.5. The van der Waals surface area contributed by atoms with Crippen LogP contribution in [0.2, 0.25) is 0 Å². The van der Waals surface area contributed by atoms with E-state index in [1.54, 1.807) is 0 Å². The Hall–Kier alpha value is -1.83. The second-order valence-corrected chi connectivity index (χ2v) is 15.9. The van der Waals surface area contributed by atoms with Gasteiger partial charge in [-0.3, -0.25) is 4.79 Å². The number of carbonyl (C=O) groups is 1. The molecule has 286 valence electrons. The monoisotopic (exact) mass is 691 g/mol. The van der Waals surface area contributed by atoms with Crippen LogP contribution in [-0.2, 0) is 14.9 Å². The van der Waals surface area contributed by atoms with Gasteiger partial charge in [0.05, 0.1) is 12.0 Å². The average molecular weight is 691 g/mol. The van der Waals surface area contributed by atoms with Crippen molar-refractivity contribution in [3.05, 3.63) is 48.0 Å². The van der Waals surface area contributed by atoms with E-state index in [4.69, 9.17) is 4.74 Å². The molecule has 0 aliphatic carbocycles. The van der Waals surface area contributed by atoms with Crippen LogP contribution in [0.25, 0.3) is 10.8 Å². The number of unbranched alkanes of at least 4 members (excludes halogenated alkanes) is 23. The van der Waals surface area contributed by atoms with Gasteiger partial charge < -0.3 is 4.74 Å². The maximum absolute atomic E-state index is 14.6. The molecule has 0 amide bonds. The first-order chi connectivity index (χ1) is 24.6. The van der Waals surface area contributed by atoms with Crippen molar-refractivity contribution in [1.29, 1.82) is 0 Å². The average Bonchev–Trinajstić information content (AvgIpc) is 3.14. The summed E-state index contributed by atoms with van der Waals surface area (Å²) in [4.78, 5) is 14.6. The molecule has 0 aromatic heterocycles. The van der Waals surface area contributed by atoms with Crippen molar-refractivity contribution >= 4 is 16.7 Å². The van der Waals surface area contributed by atoms with Crippen LogP contribution in [0.1, 0.15) is 226 Å². The van der Waals surface area contributed by atoms with Gasteiger partial charge >= 0.3 is 5.97 Å². The molecule has 2 nitrogen and oxygen atoms in total. The van der Waals surface area contributed by atoms with E-state index in [2.05, 4.69) is 70.2 Å². The summed E-state index contributed by atoms with van der Waals surface area (Å²) in [5.74, 6) is 0.511. The van der Waals surface area contributed by atoms with Gasteiger partial charge in [-0.2, -0.15) is 0 Å². The highest BCUT2D eigenvalue weighted by molar-refractivity contribution is 5.93. The highest BCUT2D eigenvalue weighted by Crippen LogP contribution is 2.41. The van der Waals surface area contributed by atoms with Crippen LogP contribution in [0, 0.1) is 5.92 Å². The molecule has 2 unspecified atom stereocenters. The Kier molecular flexibility index (Phi) is 26.3. The quantitative estimate of drug-likeness (QED) is 0.0540. The van der Waals surface area contributed by atoms with Gasteiger partial charge in [-0.05, 0) is 41.5 Å². The Bertz CT molecular complexity index is 1070. The van der Waals surface area contributed by atoms with Crippen LogP contribution in [0.15, 0.2) is 42.5 Å². The Morgan fingerprint density at radius 1 is 0.520 bits per heavy atom.